The van der Waals surface area contributed by atoms with Crippen molar-refractivity contribution >= 4 is 8.56 Å². The summed E-state index contributed by atoms with van der Waals surface area (Å²) in [6.45, 7) is 4.58. The molecule has 0 unspecified atom stereocenters. The molecule has 0 aliphatic heterocycles. The summed E-state index contributed by atoms with van der Waals surface area (Å²) in [6, 6.07) is 1.16. The number of hydrogen-bond donors (Lipinski definition) is 0. The first-order chi connectivity index (χ1) is 7.57. The Hall–Kier alpha value is 0.137. The molecule has 0 saturated heterocycles. The monoisotopic (exact) mass is 242 g/mol. The molecule has 94 valence electrons. The highest BCUT2D eigenvalue weighted by atomic mass is 28.4. The van der Waals surface area contributed by atoms with Crippen LogP contribution in [0.15, 0.2) is 0 Å². The van der Waals surface area contributed by atoms with E-state index in [2.05, 4.69) is 13.8 Å². The van der Waals surface area contributed by atoms with Gasteiger partial charge in [-0.1, -0.05) is 26.7 Å². The van der Waals surface area contributed by atoms with Gasteiger partial charge in [0.15, 0.2) is 0 Å². The normalized spacial score (nSPS) is 33.9. The van der Waals surface area contributed by atoms with Crippen LogP contribution in [-0.2, 0) is 8.85 Å². The SMILES string of the molecule is CO[Si](CC(C)C)(OC)C12CCC(CC1)C2. The molecule has 2 aliphatic carbocycles. The van der Waals surface area contributed by atoms with Gasteiger partial charge in [-0.3, -0.25) is 0 Å². The average molecular weight is 242 g/mol. The molecule has 2 saturated carbocycles. The molecule has 2 bridgehead atoms. The summed E-state index contributed by atoms with van der Waals surface area (Å²) in [5.41, 5.74) is 0. The molecule has 16 heavy (non-hydrogen) atoms. The highest BCUT2D eigenvalue weighted by Gasteiger charge is 2.62. The summed E-state index contributed by atoms with van der Waals surface area (Å²) in [6.07, 6.45) is 6.93. The lowest BCUT2D eigenvalue weighted by atomic mass is 10.0. The van der Waals surface area contributed by atoms with Crippen LogP contribution in [0.3, 0.4) is 0 Å². The smallest absolute Gasteiger partial charge is 0.344 e. The highest BCUT2D eigenvalue weighted by molar-refractivity contribution is 6.71. The second-order valence-corrected chi connectivity index (χ2v) is 9.98. The highest BCUT2D eigenvalue weighted by Crippen LogP contribution is 2.65. The minimum atomic E-state index is -1.98. The van der Waals surface area contributed by atoms with Crippen molar-refractivity contribution in [2.45, 2.75) is 57.0 Å². The largest absolute Gasteiger partial charge is 0.397 e. The van der Waals surface area contributed by atoms with Crippen LogP contribution in [0.4, 0.5) is 0 Å². The van der Waals surface area contributed by atoms with E-state index in [4.69, 9.17) is 8.85 Å². The standard InChI is InChI=1S/C13H26O2Si/c1-11(2)10-16(14-3,15-4)13-7-5-12(9-13)6-8-13/h11-12H,5-10H2,1-4H3. The molecule has 0 aromatic rings. The zero-order valence-electron chi connectivity index (χ0n) is 11.2. The van der Waals surface area contributed by atoms with E-state index in [-0.39, 0.29) is 0 Å². The van der Waals surface area contributed by atoms with Crippen molar-refractivity contribution in [3.05, 3.63) is 0 Å². The van der Waals surface area contributed by atoms with E-state index in [1.54, 1.807) is 0 Å². The van der Waals surface area contributed by atoms with Gasteiger partial charge in [0.2, 0.25) is 0 Å². The van der Waals surface area contributed by atoms with Gasteiger partial charge in [0.05, 0.1) is 0 Å². The Morgan fingerprint density at radius 3 is 2.06 bits per heavy atom. The van der Waals surface area contributed by atoms with Gasteiger partial charge in [0, 0.05) is 19.3 Å². The van der Waals surface area contributed by atoms with Crippen molar-refractivity contribution in [3.63, 3.8) is 0 Å². The fourth-order valence-electron chi connectivity index (χ4n) is 4.16. The van der Waals surface area contributed by atoms with Gasteiger partial charge in [-0.15, -0.1) is 0 Å². The predicted molar refractivity (Wildman–Crippen MR) is 68.7 cm³/mol. The van der Waals surface area contributed by atoms with Crippen LogP contribution in [0.5, 0.6) is 0 Å². The van der Waals surface area contributed by atoms with Gasteiger partial charge >= 0.3 is 8.56 Å². The third-order valence-corrected chi connectivity index (χ3v) is 9.88. The molecule has 0 spiro atoms. The van der Waals surface area contributed by atoms with E-state index in [9.17, 15) is 0 Å². The molecular formula is C13H26O2Si. The maximum absolute atomic E-state index is 6.02. The van der Waals surface area contributed by atoms with Gasteiger partial charge in [-0.2, -0.15) is 0 Å². The van der Waals surface area contributed by atoms with Crippen molar-refractivity contribution in [1.29, 1.82) is 0 Å². The average Bonchev–Trinajstić information content (AvgIpc) is 2.86. The third-order valence-electron chi connectivity index (χ3n) is 4.89. The second kappa shape index (κ2) is 4.43. The molecule has 2 nitrogen and oxygen atoms in total. The fraction of sp³-hybridized carbons (Fsp3) is 1.00. The van der Waals surface area contributed by atoms with Crippen molar-refractivity contribution in [3.8, 4) is 0 Å². The van der Waals surface area contributed by atoms with E-state index in [1.165, 1.54) is 32.1 Å². The number of fused-ring (bicyclic) bond motifs is 2. The fourth-order valence-corrected chi connectivity index (χ4v) is 8.69. The van der Waals surface area contributed by atoms with Crippen molar-refractivity contribution in [1.82, 2.24) is 0 Å². The van der Waals surface area contributed by atoms with Crippen LogP contribution in [0.1, 0.15) is 46.0 Å². The van der Waals surface area contributed by atoms with Crippen LogP contribution >= 0.6 is 0 Å². The van der Waals surface area contributed by atoms with E-state index in [1.807, 2.05) is 14.2 Å². The third kappa shape index (κ3) is 1.77. The molecule has 2 fully saturated rings. The van der Waals surface area contributed by atoms with Crippen LogP contribution < -0.4 is 0 Å². The van der Waals surface area contributed by atoms with Gasteiger partial charge in [0.25, 0.3) is 0 Å². The van der Waals surface area contributed by atoms with E-state index < -0.39 is 8.56 Å². The molecule has 0 heterocycles. The number of hydrogen-bond acceptors (Lipinski definition) is 2. The molecule has 2 rings (SSSR count). The Bertz CT molecular complexity index is 240. The molecule has 0 amide bonds. The maximum Gasteiger partial charge on any atom is 0.344 e. The molecule has 0 atom stereocenters. The molecule has 3 heteroatoms. The van der Waals surface area contributed by atoms with Crippen LogP contribution in [0.2, 0.25) is 11.1 Å². The van der Waals surface area contributed by atoms with E-state index >= 15 is 0 Å². The van der Waals surface area contributed by atoms with Gasteiger partial charge in [0.1, 0.15) is 0 Å². The van der Waals surface area contributed by atoms with Gasteiger partial charge in [-0.05, 0) is 37.1 Å². The Morgan fingerprint density at radius 2 is 1.75 bits per heavy atom. The van der Waals surface area contributed by atoms with Crippen LogP contribution in [-0.4, -0.2) is 22.8 Å². The lowest BCUT2D eigenvalue weighted by Crippen LogP contribution is -2.51. The van der Waals surface area contributed by atoms with Crippen LogP contribution in [0.25, 0.3) is 0 Å². The molecule has 0 radical (unpaired) electrons. The first-order valence-corrected chi connectivity index (χ1v) is 8.70. The molecular weight excluding hydrogens is 216 g/mol. The zero-order chi connectivity index (χ0) is 11.8. The Labute approximate surface area is 101 Å². The van der Waals surface area contributed by atoms with Crippen molar-refractivity contribution in [2.24, 2.45) is 11.8 Å². The zero-order valence-corrected chi connectivity index (χ0v) is 12.2. The Morgan fingerprint density at radius 1 is 1.19 bits per heavy atom. The molecule has 0 aromatic heterocycles. The lowest BCUT2D eigenvalue weighted by Gasteiger charge is -2.43. The maximum atomic E-state index is 6.02. The summed E-state index contributed by atoms with van der Waals surface area (Å²) >= 11 is 0. The Kier molecular flexibility index (Phi) is 3.48. The Balaban J connectivity index is 2.23. The molecule has 0 N–H and O–H groups in total. The lowest BCUT2D eigenvalue weighted by molar-refractivity contribution is 0.195. The summed E-state index contributed by atoms with van der Waals surface area (Å²) in [4.78, 5) is 0. The predicted octanol–water partition coefficient (Wildman–Crippen LogP) is 3.71. The van der Waals surface area contributed by atoms with E-state index in [0.29, 0.717) is 11.0 Å². The second-order valence-electron chi connectivity index (χ2n) is 6.19. The quantitative estimate of drug-likeness (QED) is 0.684. The van der Waals surface area contributed by atoms with Crippen LogP contribution in [0, 0.1) is 11.8 Å². The molecule has 2 aliphatic rings. The molecule has 0 aromatic carbocycles. The van der Waals surface area contributed by atoms with Crippen molar-refractivity contribution < 1.29 is 8.85 Å². The summed E-state index contributed by atoms with van der Waals surface area (Å²) in [7, 11) is 1.79. The minimum absolute atomic E-state index is 0.450. The minimum Gasteiger partial charge on any atom is -0.397 e. The summed E-state index contributed by atoms with van der Waals surface area (Å²) < 4.78 is 12.0. The van der Waals surface area contributed by atoms with E-state index in [0.717, 1.165) is 12.0 Å². The summed E-state index contributed by atoms with van der Waals surface area (Å²) in [5.74, 6) is 1.66. The summed E-state index contributed by atoms with van der Waals surface area (Å²) in [5, 5.41) is 0.450. The van der Waals surface area contributed by atoms with Crippen molar-refractivity contribution in [2.75, 3.05) is 14.2 Å². The topological polar surface area (TPSA) is 18.5 Å². The number of rotatable bonds is 5. The van der Waals surface area contributed by atoms with Gasteiger partial charge < -0.3 is 8.85 Å². The first-order valence-electron chi connectivity index (χ1n) is 6.68. The van der Waals surface area contributed by atoms with Gasteiger partial charge in [-0.25, -0.2) is 0 Å². The first kappa shape index (κ1) is 12.6.